The summed E-state index contributed by atoms with van der Waals surface area (Å²) in [6.45, 7) is 0.402. The van der Waals surface area contributed by atoms with E-state index in [1.165, 1.54) is 28.8 Å². The number of hydrogen-bond donors (Lipinski definition) is 1. The molecule has 1 amide bonds. The third-order valence-electron chi connectivity index (χ3n) is 4.57. The van der Waals surface area contributed by atoms with Crippen molar-refractivity contribution in [2.24, 2.45) is 5.92 Å². The van der Waals surface area contributed by atoms with Gasteiger partial charge in [-0.3, -0.25) is 9.78 Å². The highest BCUT2D eigenvalue weighted by atomic mass is 32.2. The van der Waals surface area contributed by atoms with Gasteiger partial charge in [-0.25, -0.2) is 17.2 Å². The first-order chi connectivity index (χ1) is 12.9. The number of piperidine rings is 1. The van der Waals surface area contributed by atoms with Crippen LogP contribution in [0.2, 0.25) is 0 Å². The fourth-order valence-corrected chi connectivity index (χ4v) is 4.43. The molecule has 0 spiro atoms. The van der Waals surface area contributed by atoms with Crippen LogP contribution in [0.5, 0.6) is 0 Å². The van der Waals surface area contributed by atoms with Crippen LogP contribution in [-0.4, -0.2) is 36.7 Å². The zero-order valence-corrected chi connectivity index (χ0v) is 15.3. The molecule has 9 heteroatoms. The SMILES string of the molecule is O=C(NCc1ccc(F)cc1F)C1CCN(S(=O)(=O)c2cccnc2)CC1. The molecule has 0 atom stereocenters. The molecule has 2 heterocycles. The maximum Gasteiger partial charge on any atom is 0.244 e. The van der Waals surface area contributed by atoms with Gasteiger partial charge in [0, 0.05) is 49.6 Å². The molecule has 1 saturated heterocycles. The first-order valence-corrected chi connectivity index (χ1v) is 9.94. The summed E-state index contributed by atoms with van der Waals surface area (Å²) >= 11 is 0. The van der Waals surface area contributed by atoms with E-state index in [1.807, 2.05) is 0 Å². The Kier molecular flexibility index (Phi) is 5.81. The second kappa shape index (κ2) is 8.10. The normalized spacial score (nSPS) is 16.2. The van der Waals surface area contributed by atoms with Gasteiger partial charge in [0.05, 0.1) is 0 Å². The lowest BCUT2D eigenvalue weighted by molar-refractivity contribution is -0.126. The molecular weight excluding hydrogens is 376 g/mol. The third-order valence-corrected chi connectivity index (χ3v) is 6.45. The van der Waals surface area contributed by atoms with E-state index in [9.17, 15) is 22.0 Å². The summed E-state index contributed by atoms with van der Waals surface area (Å²) < 4.78 is 53.0. The largest absolute Gasteiger partial charge is 0.352 e. The zero-order valence-electron chi connectivity index (χ0n) is 14.4. The fourth-order valence-electron chi connectivity index (χ4n) is 3.00. The number of sulfonamides is 1. The number of carbonyl (C=O) groups is 1. The minimum absolute atomic E-state index is 0.0425. The van der Waals surface area contributed by atoms with Crippen LogP contribution < -0.4 is 5.32 Å². The Balaban J connectivity index is 1.55. The van der Waals surface area contributed by atoms with Gasteiger partial charge >= 0.3 is 0 Å². The lowest BCUT2D eigenvalue weighted by Crippen LogP contribution is -2.42. The Morgan fingerprint density at radius 3 is 2.59 bits per heavy atom. The molecule has 1 fully saturated rings. The van der Waals surface area contributed by atoms with Crippen molar-refractivity contribution in [2.75, 3.05) is 13.1 Å². The minimum Gasteiger partial charge on any atom is -0.352 e. The van der Waals surface area contributed by atoms with E-state index in [2.05, 4.69) is 10.3 Å². The lowest BCUT2D eigenvalue weighted by atomic mass is 9.97. The van der Waals surface area contributed by atoms with Gasteiger partial charge in [0.25, 0.3) is 0 Å². The van der Waals surface area contributed by atoms with Gasteiger partial charge in [0.2, 0.25) is 15.9 Å². The van der Waals surface area contributed by atoms with Gasteiger partial charge in [-0.1, -0.05) is 6.07 Å². The monoisotopic (exact) mass is 395 g/mol. The van der Waals surface area contributed by atoms with E-state index in [4.69, 9.17) is 0 Å². The van der Waals surface area contributed by atoms with Crippen molar-refractivity contribution in [1.82, 2.24) is 14.6 Å². The van der Waals surface area contributed by atoms with Gasteiger partial charge in [0.1, 0.15) is 16.5 Å². The summed E-state index contributed by atoms with van der Waals surface area (Å²) in [6.07, 6.45) is 3.54. The van der Waals surface area contributed by atoms with E-state index in [1.54, 1.807) is 6.07 Å². The third kappa shape index (κ3) is 4.48. The van der Waals surface area contributed by atoms with Crippen LogP contribution in [0, 0.1) is 17.6 Å². The summed E-state index contributed by atoms with van der Waals surface area (Å²) in [6, 6.07) is 6.23. The summed E-state index contributed by atoms with van der Waals surface area (Å²) in [5.41, 5.74) is 0.196. The van der Waals surface area contributed by atoms with Gasteiger partial charge in [-0.05, 0) is 31.0 Å². The standard InChI is InChI=1S/C18H19F2N3O3S/c19-15-4-3-14(17(20)10-15)11-22-18(24)13-5-8-23(9-6-13)27(25,26)16-2-1-7-21-12-16/h1-4,7,10,12-13H,5-6,8-9,11H2,(H,22,24). The molecule has 0 aliphatic carbocycles. The predicted molar refractivity (Wildman–Crippen MR) is 93.9 cm³/mol. The highest BCUT2D eigenvalue weighted by molar-refractivity contribution is 7.89. The molecule has 1 aliphatic rings. The van der Waals surface area contributed by atoms with Crippen LogP contribution >= 0.6 is 0 Å². The summed E-state index contributed by atoms with van der Waals surface area (Å²) in [5.74, 6) is -2.01. The van der Waals surface area contributed by atoms with Crippen molar-refractivity contribution in [3.05, 3.63) is 59.9 Å². The second-order valence-corrected chi connectivity index (χ2v) is 8.26. The maximum atomic E-state index is 13.6. The molecule has 1 aliphatic heterocycles. The van der Waals surface area contributed by atoms with E-state index >= 15 is 0 Å². The summed E-state index contributed by atoms with van der Waals surface area (Å²) in [4.78, 5) is 16.2. The molecule has 0 saturated carbocycles. The van der Waals surface area contributed by atoms with Crippen molar-refractivity contribution < 1.29 is 22.0 Å². The van der Waals surface area contributed by atoms with Crippen molar-refractivity contribution in [3.8, 4) is 0 Å². The number of nitrogens with zero attached hydrogens (tertiary/aromatic N) is 2. The molecule has 3 rings (SSSR count). The molecule has 0 radical (unpaired) electrons. The lowest BCUT2D eigenvalue weighted by Gasteiger charge is -2.30. The van der Waals surface area contributed by atoms with E-state index in [-0.39, 0.29) is 41.9 Å². The number of pyridine rings is 1. The molecule has 1 aromatic carbocycles. The first kappa shape index (κ1) is 19.4. The fraction of sp³-hybridized carbons (Fsp3) is 0.333. The topological polar surface area (TPSA) is 79.4 Å². The average Bonchev–Trinajstić information content (AvgIpc) is 2.68. The molecular formula is C18H19F2N3O3S. The van der Waals surface area contributed by atoms with Gasteiger partial charge < -0.3 is 5.32 Å². The van der Waals surface area contributed by atoms with Crippen molar-refractivity contribution >= 4 is 15.9 Å². The molecule has 6 nitrogen and oxygen atoms in total. The first-order valence-electron chi connectivity index (χ1n) is 8.50. The van der Waals surface area contributed by atoms with Gasteiger partial charge in [0.15, 0.2) is 0 Å². The van der Waals surface area contributed by atoms with Gasteiger partial charge in [-0.15, -0.1) is 0 Å². The number of amides is 1. The minimum atomic E-state index is -3.62. The van der Waals surface area contributed by atoms with E-state index in [0.717, 1.165) is 12.1 Å². The van der Waals surface area contributed by atoms with E-state index in [0.29, 0.717) is 12.8 Å². The molecule has 1 aromatic heterocycles. The number of hydrogen-bond acceptors (Lipinski definition) is 4. The quantitative estimate of drug-likeness (QED) is 0.841. The van der Waals surface area contributed by atoms with Gasteiger partial charge in [-0.2, -0.15) is 4.31 Å². The number of nitrogens with one attached hydrogen (secondary N) is 1. The Hall–Kier alpha value is -2.39. The summed E-state index contributed by atoms with van der Waals surface area (Å²) in [5, 5.41) is 2.63. The van der Waals surface area contributed by atoms with Crippen molar-refractivity contribution in [3.63, 3.8) is 0 Å². The van der Waals surface area contributed by atoms with Crippen LogP contribution in [0.25, 0.3) is 0 Å². The number of halogens is 2. The smallest absolute Gasteiger partial charge is 0.244 e. The average molecular weight is 395 g/mol. The molecule has 0 unspecified atom stereocenters. The number of aromatic nitrogens is 1. The Labute approximate surface area is 156 Å². The number of rotatable bonds is 5. The molecule has 27 heavy (non-hydrogen) atoms. The highest BCUT2D eigenvalue weighted by Crippen LogP contribution is 2.23. The maximum absolute atomic E-state index is 13.6. The molecule has 0 bridgehead atoms. The number of carbonyl (C=O) groups excluding carboxylic acids is 1. The Morgan fingerprint density at radius 2 is 1.96 bits per heavy atom. The second-order valence-electron chi connectivity index (χ2n) is 6.32. The zero-order chi connectivity index (χ0) is 19.4. The van der Waals surface area contributed by atoms with E-state index < -0.39 is 21.7 Å². The van der Waals surface area contributed by atoms with Crippen LogP contribution in [-0.2, 0) is 21.4 Å². The molecule has 2 aromatic rings. The Bertz CT molecular complexity index is 915. The Morgan fingerprint density at radius 1 is 1.22 bits per heavy atom. The van der Waals surface area contributed by atoms with Crippen LogP contribution in [0.4, 0.5) is 8.78 Å². The van der Waals surface area contributed by atoms with Crippen LogP contribution in [0.3, 0.4) is 0 Å². The van der Waals surface area contributed by atoms with Crippen LogP contribution in [0.1, 0.15) is 18.4 Å². The van der Waals surface area contributed by atoms with Crippen molar-refractivity contribution in [1.29, 1.82) is 0 Å². The van der Waals surface area contributed by atoms with Crippen molar-refractivity contribution in [2.45, 2.75) is 24.3 Å². The van der Waals surface area contributed by atoms with Crippen LogP contribution in [0.15, 0.2) is 47.6 Å². The molecule has 1 N–H and O–H groups in total. The molecule has 144 valence electrons. The predicted octanol–water partition coefficient (Wildman–Crippen LogP) is 2.08. The highest BCUT2D eigenvalue weighted by Gasteiger charge is 2.32. The number of benzene rings is 1. The summed E-state index contributed by atoms with van der Waals surface area (Å²) in [7, 11) is -3.62.